The minimum absolute atomic E-state index is 0.0185. The molecule has 0 spiro atoms. The zero-order valence-corrected chi connectivity index (χ0v) is 19.3. The van der Waals surface area contributed by atoms with Crippen LogP contribution in [-0.4, -0.2) is 36.6 Å². The number of fused-ring (bicyclic) bond motifs is 1. The molecule has 1 N–H and O–H groups in total. The van der Waals surface area contributed by atoms with Crippen LogP contribution in [0.5, 0.6) is 11.5 Å². The Balaban J connectivity index is 1.61. The second kappa shape index (κ2) is 9.73. The van der Waals surface area contributed by atoms with Gasteiger partial charge in [-0.15, -0.1) is 0 Å². The quantitative estimate of drug-likeness (QED) is 0.473. The fourth-order valence-electron chi connectivity index (χ4n) is 4.13. The highest BCUT2D eigenvalue weighted by Crippen LogP contribution is 2.42. The lowest BCUT2D eigenvalue weighted by atomic mass is 9.91. The highest BCUT2D eigenvalue weighted by Gasteiger charge is 2.40. The van der Waals surface area contributed by atoms with Crippen LogP contribution in [0.1, 0.15) is 29.7 Å². The van der Waals surface area contributed by atoms with Gasteiger partial charge in [0.1, 0.15) is 11.9 Å². The number of halogens is 3. The van der Waals surface area contributed by atoms with Crippen molar-refractivity contribution in [2.75, 3.05) is 26.1 Å². The molecule has 0 saturated heterocycles. The number of carbonyl (C=O) groups excluding carboxylic acids is 1. The Morgan fingerprint density at radius 3 is 2.54 bits per heavy atom. The summed E-state index contributed by atoms with van der Waals surface area (Å²) >= 11 is 0. The fraction of sp³-hybridized carbons (Fsp3) is 0.280. The Labute approximate surface area is 200 Å². The number of nitrogens with one attached hydrogen (secondary N) is 1. The third-order valence-corrected chi connectivity index (χ3v) is 5.76. The van der Waals surface area contributed by atoms with Crippen molar-refractivity contribution in [2.45, 2.75) is 25.6 Å². The molecule has 0 amide bonds. The Morgan fingerprint density at radius 1 is 1.09 bits per heavy atom. The molecule has 2 aromatic carbocycles. The van der Waals surface area contributed by atoms with E-state index in [9.17, 15) is 18.0 Å². The van der Waals surface area contributed by atoms with E-state index in [-0.39, 0.29) is 17.7 Å². The van der Waals surface area contributed by atoms with Crippen LogP contribution in [0, 0.1) is 0 Å². The topological polar surface area (TPSA) is 74.6 Å². The Hall–Kier alpha value is -3.95. The molecule has 0 radical (unpaired) electrons. The average Bonchev–Trinajstić information content (AvgIpc) is 3.30. The molecule has 1 aliphatic rings. The summed E-state index contributed by atoms with van der Waals surface area (Å²) in [5.41, 5.74) is 0.381. The number of rotatable bonds is 7. The Morgan fingerprint density at radius 2 is 1.83 bits per heavy atom. The van der Waals surface area contributed by atoms with Gasteiger partial charge in [0.2, 0.25) is 0 Å². The van der Waals surface area contributed by atoms with Crippen molar-refractivity contribution in [2.24, 2.45) is 0 Å². The fourth-order valence-corrected chi connectivity index (χ4v) is 4.13. The molecule has 1 aliphatic heterocycles. The van der Waals surface area contributed by atoms with Crippen LogP contribution in [0.15, 0.2) is 66.0 Å². The monoisotopic (exact) mass is 487 g/mol. The minimum atomic E-state index is -4.61. The largest absolute Gasteiger partial charge is 0.493 e. The first-order valence-electron chi connectivity index (χ1n) is 10.8. The predicted molar refractivity (Wildman–Crippen MR) is 122 cm³/mol. The maximum Gasteiger partial charge on any atom is 0.416 e. The minimum Gasteiger partial charge on any atom is -0.493 e. The van der Waals surface area contributed by atoms with Crippen LogP contribution in [-0.2, 0) is 22.1 Å². The van der Waals surface area contributed by atoms with Gasteiger partial charge < -0.3 is 19.5 Å². The van der Waals surface area contributed by atoms with E-state index >= 15 is 0 Å². The van der Waals surface area contributed by atoms with Gasteiger partial charge in [-0.2, -0.15) is 18.3 Å². The number of hydrogen-bond acceptors (Lipinski definition) is 6. The summed E-state index contributed by atoms with van der Waals surface area (Å²) in [5.74, 6) is 0.870. The summed E-state index contributed by atoms with van der Waals surface area (Å²) in [5, 5.41) is 7.22. The van der Waals surface area contributed by atoms with E-state index in [1.807, 2.05) is 6.07 Å². The number of ether oxygens (including phenoxy) is 3. The standard InChI is InChI=1S/C25H24F3N3O4/c1-15-22(24(32)35-13-11-16-8-9-19(33-2)20(14-16)34-3)23(31-21(30-15)10-12-29-31)17-6-4-5-7-18(17)25(26,27)28/h4-10,12,14,23,30H,11,13H2,1-3H3. The molecular weight excluding hydrogens is 463 g/mol. The van der Waals surface area contributed by atoms with E-state index in [0.717, 1.165) is 11.6 Å². The molecule has 0 fully saturated rings. The lowest BCUT2D eigenvalue weighted by Crippen LogP contribution is -2.31. The molecule has 1 unspecified atom stereocenters. The summed E-state index contributed by atoms with van der Waals surface area (Å²) in [4.78, 5) is 13.2. The van der Waals surface area contributed by atoms with Crippen molar-refractivity contribution < 1.29 is 32.2 Å². The molecule has 0 bridgehead atoms. The normalized spacial score (nSPS) is 15.3. The second-order valence-electron chi connectivity index (χ2n) is 7.89. The molecule has 7 nitrogen and oxygen atoms in total. The third kappa shape index (κ3) is 4.82. The van der Waals surface area contributed by atoms with Crippen molar-refractivity contribution in [1.82, 2.24) is 9.78 Å². The van der Waals surface area contributed by atoms with Crippen molar-refractivity contribution in [1.29, 1.82) is 0 Å². The van der Waals surface area contributed by atoms with Gasteiger partial charge >= 0.3 is 12.1 Å². The molecule has 35 heavy (non-hydrogen) atoms. The first-order valence-corrected chi connectivity index (χ1v) is 10.8. The maximum atomic E-state index is 13.8. The number of benzene rings is 2. The third-order valence-electron chi connectivity index (χ3n) is 5.76. The summed E-state index contributed by atoms with van der Waals surface area (Å²) in [6.07, 6.45) is -2.77. The summed E-state index contributed by atoms with van der Waals surface area (Å²) in [7, 11) is 3.06. The summed E-state index contributed by atoms with van der Waals surface area (Å²) < 4.78 is 58.9. The van der Waals surface area contributed by atoms with Crippen LogP contribution in [0.3, 0.4) is 0 Å². The number of aromatic nitrogens is 2. The van der Waals surface area contributed by atoms with Crippen LogP contribution in [0.4, 0.5) is 19.0 Å². The molecule has 10 heteroatoms. The van der Waals surface area contributed by atoms with Crippen molar-refractivity contribution in [3.63, 3.8) is 0 Å². The van der Waals surface area contributed by atoms with E-state index in [2.05, 4.69) is 10.4 Å². The van der Waals surface area contributed by atoms with Crippen molar-refractivity contribution in [3.8, 4) is 11.5 Å². The van der Waals surface area contributed by atoms with E-state index in [4.69, 9.17) is 14.2 Å². The van der Waals surface area contributed by atoms with Gasteiger partial charge in [0.05, 0.1) is 38.2 Å². The first-order chi connectivity index (χ1) is 16.7. The molecular formula is C25H24F3N3O4. The number of nitrogens with zero attached hydrogens (tertiary/aromatic N) is 2. The molecule has 0 saturated carbocycles. The van der Waals surface area contributed by atoms with E-state index in [0.29, 0.717) is 29.4 Å². The number of allylic oxidation sites excluding steroid dienone is 1. The summed E-state index contributed by atoms with van der Waals surface area (Å²) in [6.45, 7) is 1.65. The molecule has 184 valence electrons. The maximum absolute atomic E-state index is 13.8. The molecule has 2 heterocycles. The van der Waals surface area contributed by atoms with E-state index in [1.54, 1.807) is 25.1 Å². The van der Waals surface area contributed by atoms with Gasteiger partial charge in [-0.3, -0.25) is 0 Å². The van der Waals surface area contributed by atoms with E-state index < -0.39 is 23.8 Å². The second-order valence-corrected chi connectivity index (χ2v) is 7.89. The van der Waals surface area contributed by atoms with Crippen LogP contribution >= 0.6 is 0 Å². The molecule has 3 aromatic rings. The number of esters is 1. The van der Waals surface area contributed by atoms with Gasteiger partial charge in [-0.05, 0) is 36.2 Å². The smallest absolute Gasteiger partial charge is 0.416 e. The van der Waals surface area contributed by atoms with Crippen LogP contribution < -0.4 is 14.8 Å². The predicted octanol–water partition coefficient (Wildman–Crippen LogP) is 4.99. The summed E-state index contributed by atoms with van der Waals surface area (Å²) in [6, 6.07) is 11.0. The number of methoxy groups -OCH3 is 2. The van der Waals surface area contributed by atoms with Crippen LogP contribution in [0.25, 0.3) is 0 Å². The Bertz CT molecular complexity index is 1270. The van der Waals surface area contributed by atoms with Gasteiger partial charge in [-0.25, -0.2) is 9.48 Å². The van der Waals surface area contributed by atoms with Gasteiger partial charge in [-0.1, -0.05) is 24.3 Å². The lowest BCUT2D eigenvalue weighted by Gasteiger charge is -2.30. The molecule has 4 rings (SSSR count). The first kappa shape index (κ1) is 24.2. The molecule has 0 aliphatic carbocycles. The lowest BCUT2D eigenvalue weighted by molar-refractivity contribution is -0.141. The average molecular weight is 487 g/mol. The molecule has 1 aromatic heterocycles. The number of hydrogen-bond donors (Lipinski definition) is 1. The van der Waals surface area contributed by atoms with Crippen LogP contribution in [0.2, 0.25) is 0 Å². The van der Waals surface area contributed by atoms with Crippen molar-refractivity contribution in [3.05, 3.63) is 82.7 Å². The van der Waals surface area contributed by atoms with Gasteiger partial charge in [0.25, 0.3) is 0 Å². The number of carbonyl (C=O) groups is 1. The highest BCUT2D eigenvalue weighted by molar-refractivity contribution is 5.92. The SMILES string of the molecule is COc1ccc(CCOC(=O)C2=C(C)Nc3ccnn3C2c2ccccc2C(F)(F)F)cc1OC. The van der Waals surface area contributed by atoms with Crippen molar-refractivity contribution >= 4 is 11.8 Å². The van der Waals surface area contributed by atoms with E-state index in [1.165, 1.54) is 43.3 Å². The highest BCUT2D eigenvalue weighted by atomic mass is 19.4. The zero-order valence-electron chi connectivity index (χ0n) is 19.3. The zero-order chi connectivity index (χ0) is 25.2. The van der Waals surface area contributed by atoms with Gasteiger partial charge in [0, 0.05) is 18.2 Å². The number of alkyl halides is 3. The number of anilines is 1. The molecule has 1 atom stereocenters. The Kier molecular flexibility index (Phi) is 6.72. The van der Waals surface area contributed by atoms with Gasteiger partial charge in [0.15, 0.2) is 11.5 Å².